The van der Waals surface area contributed by atoms with Crippen LogP contribution in [0.2, 0.25) is 5.02 Å². The van der Waals surface area contributed by atoms with Gasteiger partial charge in [0.15, 0.2) is 0 Å². The molecule has 0 atom stereocenters. The van der Waals surface area contributed by atoms with Crippen LogP contribution in [0.3, 0.4) is 0 Å². The van der Waals surface area contributed by atoms with Gasteiger partial charge in [-0.15, -0.1) is 0 Å². The standard InChI is InChI=1S/C22H16ClN3O4/c23-17-8-6-15(7-9-17)14-20(25-21(27)16-4-2-1-3-5-16)22(28)24-18-10-12-19(13-11-18)26(29)30/h1-14H,(H,24,28)(H,25,27). The zero-order chi connectivity index (χ0) is 21.5. The third-order valence-corrected chi connectivity index (χ3v) is 4.30. The molecule has 0 aliphatic carbocycles. The fraction of sp³-hybridized carbons (Fsp3) is 0. The number of nitrogens with zero attached hydrogens (tertiary/aromatic N) is 1. The first-order valence-corrected chi connectivity index (χ1v) is 9.19. The van der Waals surface area contributed by atoms with Gasteiger partial charge in [0.05, 0.1) is 4.92 Å². The predicted molar refractivity (Wildman–Crippen MR) is 115 cm³/mol. The van der Waals surface area contributed by atoms with Crippen LogP contribution in [0.5, 0.6) is 0 Å². The summed E-state index contributed by atoms with van der Waals surface area (Å²) in [6.07, 6.45) is 1.51. The quantitative estimate of drug-likeness (QED) is 0.343. The van der Waals surface area contributed by atoms with Crippen LogP contribution in [0.25, 0.3) is 6.08 Å². The molecule has 0 radical (unpaired) electrons. The van der Waals surface area contributed by atoms with Crippen molar-refractivity contribution in [2.75, 3.05) is 5.32 Å². The maximum Gasteiger partial charge on any atom is 0.272 e. The van der Waals surface area contributed by atoms with Gasteiger partial charge >= 0.3 is 0 Å². The average Bonchev–Trinajstić information content (AvgIpc) is 2.75. The van der Waals surface area contributed by atoms with Gasteiger partial charge in [-0.1, -0.05) is 41.9 Å². The van der Waals surface area contributed by atoms with Crippen molar-refractivity contribution >= 4 is 40.9 Å². The van der Waals surface area contributed by atoms with Crippen LogP contribution in [-0.4, -0.2) is 16.7 Å². The number of hydrogen-bond donors (Lipinski definition) is 2. The first-order chi connectivity index (χ1) is 14.4. The molecule has 0 unspecified atom stereocenters. The Balaban J connectivity index is 1.85. The number of anilines is 1. The smallest absolute Gasteiger partial charge is 0.272 e. The van der Waals surface area contributed by atoms with Gasteiger partial charge < -0.3 is 10.6 Å². The number of halogens is 1. The second-order valence-corrected chi connectivity index (χ2v) is 6.62. The van der Waals surface area contributed by atoms with Crippen molar-refractivity contribution in [3.05, 3.63) is 111 Å². The molecule has 7 nitrogen and oxygen atoms in total. The molecule has 0 saturated carbocycles. The minimum atomic E-state index is -0.580. The molecule has 3 aromatic carbocycles. The van der Waals surface area contributed by atoms with E-state index in [0.29, 0.717) is 21.8 Å². The lowest BCUT2D eigenvalue weighted by atomic mass is 10.1. The SMILES string of the molecule is O=C(Nc1ccc([N+](=O)[O-])cc1)C(=Cc1ccc(Cl)cc1)NC(=O)c1ccccc1. The highest BCUT2D eigenvalue weighted by Crippen LogP contribution is 2.17. The number of nitro benzene ring substituents is 1. The van der Waals surface area contributed by atoms with Crippen molar-refractivity contribution in [1.82, 2.24) is 5.32 Å². The van der Waals surface area contributed by atoms with Crippen LogP contribution in [0.1, 0.15) is 15.9 Å². The molecule has 0 bridgehead atoms. The second-order valence-electron chi connectivity index (χ2n) is 6.19. The van der Waals surface area contributed by atoms with Crippen molar-refractivity contribution in [2.45, 2.75) is 0 Å². The zero-order valence-corrected chi connectivity index (χ0v) is 16.3. The van der Waals surface area contributed by atoms with Gasteiger partial charge in [-0.3, -0.25) is 19.7 Å². The van der Waals surface area contributed by atoms with E-state index in [4.69, 9.17) is 11.6 Å². The fourth-order valence-corrected chi connectivity index (χ4v) is 2.66. The number of non-ortho nitro benzene ring substituents is 1. The molecule has 0 heterocycles. The van der Waals surface area contributed by atoms with E-state index in [-0.39, 0.29) is 11.4 Å². The topological polar surface area (TPSA) is 101 Å². The van der Waals surface area contributed by atoms with E-state index in [1.54, 1.807) is 54.6 Å². The number of hydrogen-bond acceptors (Lipinski definition) is 4. The number of amides is 2. The predicted octanol–water partition coefficient (Wildman–Crippen LogP) is 4.66. The van der Waals surface area contributed by atoms with Gasteiger partial charge in [0, 0.05) is 28.4 Å². The summed E-state index contributed by atoms with van der Waals surface area (Å²) in [4.78, 5) is 35.6. The largest absolute Gasteiger partial charge is 0.321 e. The van der Waals surface area contributed by atoms with Crippen LogP contribution < -0.4 is 10.6 Å². The zero-order valence-electron chi connectivity index (χ0n) is 15.5. The van der Waals surface area contributed by atoms with E-state index < -0.39 is 16.7 Å². The molecule has 2 amide bonds. The van der Waals surface area contributed by atoms with E-state index >= 15 is 0 Å². The second kappa shape index (κ2) is 9.49. The average molecular weight is 422 g/mol. The first-order valence-electron chi connectivity index (χ1n) is 8.82. The summed E-state index contributed by atoms with van der Waals surface area (Å²) in [7, 11) is 0. The van der Waals surface area contributed by atoms with Gasteiger partial charge in [-0.2, -0.15) is 0 Å². The summed E-state index contributed by atoms with van der Waals surface area (Å²) in [6, 6.07) is 20.6. The number of rotatable bonds is 6. The normalized spacial score (nSPS) is 10.9. The lowest BCUT2D eigenvalue weighted by molar-refractivity contribution is -0.384. The van der Waals surface area contributed by atoms with Gasteiger partial charge in [-0.25, -0.2) is 0 Å². The summed E-state index contributed by atoms with van der Waals surface area (Å²) in [6.45, 7) is 0. The Morgan fingerprint density at radius 3 is 2.13 bits per heavy atom. The highest BCUT2D eigenvalue weighted by Gasteiger charge is 2.15. The first kappa shape index (κ1) is 20.8. The highest BCUT2D eigenvalue weighted by atomic mass is 35.5. The Bertz CT molecular complexity index is 1100. The highest BCUT2D eigenvalue weighted by molar-refractivity contribution is 6.30. The van der Waals surface area contributed by atoms with Crippen molar-refractivity contribution in [1.29, 1.82) is 0 Å². The number of carbonyl (C=O) groups is 2. The molecule has 150 valence electrons. The van der Waals surface area contributed by atoms with E-state index in [0.717, 1.165) is 0 Å². The Kier molecular flexibility index (Phi) is 6.56. The van der Waals surface area contributed by atoms with Crippen molar-refractivity contribution in [2.24, 2.45) is 0 Å². The Labute approximate surface area is 177 Å². The van der Waals surface area contributed by atoms with Crippen LogP contribution in [0, 0.1) is 10.1 Å². The summed E-state index contributed by atoms with van der Waals surface area (Å²) < 4.78 is 0. The molecular formula is C22H16ClN3O4. The Hall–Kier alpha value is -3.97. The van der Waals surface area contributed by atoms with Crippen LogP contribution in [0.15, 0.2) is 84.6 Å². The summed E-state index contributed by atoms with van der Waals surface area (Å²) >= 11 is 5.90. The van der Waals surface area contributed by atoms with Crippen molar-refractivity contribution < 1.29 is 14.5 Å². The van der Waals surface area contributed by atoms with E-state index in [9.17, 15) is 19.7 Å². The lowest BCUT2D eigenvalue weighted by Gasteiger charge is -2.11. The van der Waals surface area contributed by atoms with Crippen molar-refractivity contribution in [3.8, 4) is 0 Å². The van der Waals surface area contributed by atoms with Crippen LogP contribution in [-0.2, 0) is 4.79 Å². The summed E-state index contributed by atoms with van der Waals surface area (Å²) in [5.74, 6) is -1.03. The molecule has 3 rings (SSSR count). The van der Waals surface area contributed by atoms with Gasteiger partial charge in [0.25, 0.3) is 17.5 Å². The number of carbonyl (C=O) groups excluding carboxylic acids is 2. The van der Waals surface area contributed by atoms with E-state index in [2.05, 4.69) is 10.6 Å². The molecular weight excluding hydrogens is 406 g/mol. The Morgan fingerprint density at radius 2 is 1.53 bits per heavy atom. The van der Waals surface area contributed by atoms with E-state index in [1.165, 1.54) is 30.3 Å². The number of nitrogens with one attached hydrogen (secondary N) is 2. The number of nitro groups is 1. The maximum absolute atomic E-state index is 12.8. The molecule has 0 aliphatic heterocycles. The summed E-state index contributed by atoms with van der Waals surface area (Å²) in [5, 5.41) is 16.6. The summed E-state index contributed by atoms with van der Waals surface area (Å²) in [5.41, 5.74) is 1.30. The molecule has 0 aliphatic rings. The molecule has 0 fully saturated rings. The third kappa shape index (κ3) is 5.52. The molecule has 0 saturated heterocycles. The maximum atomic E-state index is 12.8. The third-order valence-electron chi connectivity index (χ3n) is 4.05. The van der Waals surface area contributed by atoms with Crippen LogP contribution in [0.4, 0.5) is 11.4 Å². The van der Waals surface area contributed by atoms with Crippen molar-refractivity contribution in [3.63, 3.8) is 0 Å². The minimum absolute atomic E-state index is 0.00419. The Morgan fingerprint density at radius 1 is 0.900 bits per heavy atom. The molecule has 0 aromatic heterocycles. The minimum Gasteiger partial charge on any atom is -0.321 e. The monoisotopic (exact) mass is 421 g/mol. The number of benzene rings is 3. The molecule has 2 N–H and O–H groups in total. The van der Waals surface area contributed by atoms with Gasteiger partial charge in [0.2, 0.25) is 0 Å². The molecule has 0 spiro atoms. The molecule has 8 heteroatoms. The lowest BCUT2D eigenvalue weighted by Crippen LogP contribution is -2.30. The van der Waals surface area contributed by atoms with E-state index in [1.807, 2.05) is 0 Å². The van der Waals surface area contributed by atoms with Gasteiger partial charge in [-0.05, 0) is 48.0 Å². The van der Waals surface area contributed by atoms with Crippen LogP contribution >= 0.6 is 11.6 Å². The molecule has 30 heavy (non-hydrogen) atoms. The fourth-order valence-electron chi connectivity index (χ4n) is 2.53. The van der Waals surface area contributed by atoms with Gasteiger partial charge in [0.1, 0.15) is 5.70 Å². The molecule has 3 aromatic rings.